The lowest BCUT2D eigenvalue weighted by atomic mass is 9.96. The molecule has 1 aliphatic carbocycles. The summed E-state index contributed by atoms with van der Waals surface area (Å²) in [6, 6.07) is 18.5. The van der Waals surface area contributed by atoms with Crippen molar-refractivity contribution in [3.05, 3.63) is 65.7 Å². The number of rotatable bonds is 7. The van der Waals surface area contributed by atoms with Gasteiger partial charge in [-0.2, -0.15) is 0 Å². The molecule has 1 saturated carbocycles. The van der Waals surface area contributed by atoms with Crippen molar-refractivity contribution in [2.75, 3.05) is 26.7 Å². The highest BCUT2D eigenvalue weighted by Crippen LogP contribution is 2.49. The average molecular weight is 415 g/mol. The first-order chi connectivity index (χ1) is 13.7. The van der Waals surface area contributed by atoms with Gasteiger partial charge in [-0.1, -0.05) is 42.5 Å². The molecule has 2 aromatic rings. The Balaban J connectivity index is 0.00000240. The molecule has 29 heavy (non-hydrogen) atoms. The molecule has 2 unspecified atom stereocenters. The van der Waals surface area contributed by atoms with Gasteiger partial charge in [0.2, 0.25) is 5.91 Å². The van der Waals surface area contributed by atoms with E-state index in [1.165, 1.54) is 5.56 Å². The second kappa shape index (κ2) is 10.1. The van der Waals surface area contributed by atoms with Crippen LogP contribution in [0, 0.1) is 11.8 Å². The first kappa shape index (κ1) is 21.7. The van der Waals surface area contributed by atoms with Gasteiger partial charge in [0, 0.05) is 19.0 Å². The van der Waals surface area contributed by atoms with Crippen LogP contribution in [0.3, 0.4) is 0 Å². The highest BCUT2D eigenvalue weighted by molar-refractivity contribution is 5.85. The van der Waals surface area contributed by atoms with Crippen molar-refractivity contribution in [3.8, 4) is 5.75 Å². The quantitative estimate of drug-likeness (QED) is 0.736. The second-order valence-electron chi connectivity index (χ2n) is 8.12. The number of carbonyl (C=O) groups excluding carboxylic acids is 1. The minimum absolute atomic E-state index is 0. The molecule has 0 bridgehead atoms. The van der Waals surface area contributed by atoms with Crippen LogP contribution >= 0.6 is 12.4 Å². The van der Waals surface area contributed by atoms with Crippen molar-refractivity contribution in [2.24, 2.45) is 11.8 Å². The zero-order valence-corrected chi connectivity index (χ0v) is 17.9. The van der Waals surface area contributed by atoms with E-state index in [1.807, 2.05) is 37.4 Å². The van der Waals surface area contributed by atoms with Gasteiger partial charge in [0.05, 0.1) is 0 Å². The fourth-order valence-corrected chi connectivity index (χ4v) is 4.27. The zero-order chi connectivity index (χ0) is 19.3. The molecule has 4 nitrogen and oxygen atoms in total. The Morgan fingerprint density at radius 3 is 2.41 bits per heavy atom. The summed E-state index contributed by atoms with van der Waals surface area (Å²) >= 11 is 0. The highest BCUT2D eigenvalue weighted by atomic mass is 35.5. The highest BCUT2D eigenvalue weighted by Gasteiger charge is 2.46. The molecule has 2 atom stereocenters. The van der Waals surface area contributed by atoms with Crippen molar-refractivity contribution < 1.29 is 9.53 Å². The lowest BCUT2D eigenvalue weighted by Gasteiger charge is -2.32. The van der Waals surface area contributed by atoms with Crippen LogP contribution in [0.2, 0.25) is 0 Å². The molecule has 1 saturated heterocycles. The number of likely N-dealkylation sites (tertiary alicyclic amines) is 1. The Labute approximate surface area is 180 Å². The third kappa shape index (κ3) is 5.52. The summed E-state index contributed by atoms with van der Waals surface area (Å²) in [7, 11) is 2.00. The maximum absolute atomic E-state index is 12.8. The summed E-state index contributed by atoms with van der Waals surface area (Å²) in [6.07, 6.45) is 3.23. The smallest absolute Gasteiger partial charge is 0.226 e. The number of carbonyl (C=O) groups is 1. The van der Waals surface area contributed by atoms with E-state index in [9.17, 15) is 4.79 Å². The molecule has 4 rings (SSSR count). The summed E-state index contributed by atoms with van der Waals surface area (Å²) < 4.78 is 5.87. The van der Waals surface area contributed by atoms with Crippen LogP contribution in [-0.2, 0) is 11.4 Å². The molecule has 0 aromatic heterocycles. The molecule has 2 aliphatic rings. The van der Waals surface area contributed by atoms with Gasteiger partial charge < -0.3 is 15.0 Å². The van der Waals surface area contributed by atoms with Crippen LogP contribution < -0.4 is 10.1 Å². The minimum Gasteiger partial charge on any atom is -0.489 e. The lowest BCUT2D eigenvalue weighted by molar-refractivity contribution is -0.134. The van der Waals surface area contributed by atoms with Crippen LogP contribution in [0.4, 0.5) is 0 Å². The van der Waals surface area contributed by atoms with E-state index in [0.717, 1.165) is 50.2 Å². The summed E-state index contributed by atoms with van der Waals surface area (Å²) in [5.41, 5.74) is 2.42. The first-order valence-electron chi connectivity index (χ1n) is 10.4. The van der Waals surface area contributed by atoms with Gasteiger partial charge in [-0.05, 0) is 68.0 Å². The van der Waals surface area contributed by atoms with E-state index in [0.29, 0.717) is 24.3 Å². The molecular formula is C24H31ClN2O2. The third-order valence-corrected chi connectivity index (χ3v) is 6.08. The lowest BCUT2D eigenvalue weighted by Crippen LogP contribution is -2.41. The number of halogens is 1. The zero-order valence-electron chi connectivity index (χ0n) is 17.0. The summed E-state index contributed by atoms with van der Waals surface area (Å²) in [6.45, 7) is 3.47. The van der Waals surface area contributed by atoms with Gasteiger partial charge in [0.25, 0.3) is 0 Å². The fraction of sp³-hybridized carbons (Fsp3) is 0.458. The topological polar surface area (TPSA) is 41.6 Å². The molecule has 0 radical (unpaired) electrons. The first-order valence-corrected chi connectivity index (χ1v) is 10.4. The average Bonchev–Trinajstić information content (AvgIpc) is 3.55. The van der Waals surface area contributed by atoms with E-state index < -0.39 is 0 Å². The molecule has 156 valence electrons. The molecule has 2 aromatic carbocycles. The molecule has 0 spiro atoms. The number of piperidine rings is 1. The molecule has 2 fully saturated rings. The van der Waals surface area contributed by atoms with Gasteiger partial charge in [-0.3, -0.25) is 4.79 Å². The third-order valence-electron chi connectivity index (χ3n) is 6.08. The monoisotopic (exact) mass is 414 g/mol. The number of hydrogen-bond donors (Lipinski definition) is 1. The predicted octanol–water partition coefficient (Wildman–Crippen LogP) is 4.25. The molecule has 1 heterocycles. The van der Waals surface area contributed by atoms with Crippen LogP contribution in [0.15, 0.2) is 54.6 Å². The van der Waals surface area contributed by atoms with E-state index in [1.54, 1.807) is 0 Å². The minimum atomic E-state index is 0. The number of ether oxygens (including phenoxy) is 1. The van der Waals surface area contributed by atoms with Crippen molar-refractivity contribution in [3.63, 3.8) is 0 Å². The molecule has 1 N–H and O–H groups in total. The van der Waals surface area contributed by atoms with Gasteiger partial charge >= 0.3 is 0 Å². The van der Waals surface area contributed by atoms with Crippen LogP contribution in [0.25, 0.3) is 0 Å². The van der Waals surface area contributed by atoms with Crippen LogP contribution in [0.5, 0.6) is 5.75 Å². The SMILES string of the molecule is CNCC1CCN(C(=O)C2CC2c2ccc(OCc3ccccc3)cc2)CC1.Cl. The van der Waals surface area contributed by atoms with Crippen molar-refractivity contribution in [1.82, 2.24) is 10.2 Å². The number of nitrogens with zero attached hydrogens (tertiary/aromatic N) is 1. The molecule has 1 aliphatic heterocycles. The van der Waals surface area contributed by atoms with Crippen LogP contribution in [0.1, 0.15) is 36.3 Å². The normalized spacial score (nSPS) is 21.3. The summed E-state index contributed by atoms with van der Waals surface area (Å²) in [5.74, 6) is 2.51. The largest absolute Gasteiger partial charge is 0.489 e. The summed E-state index contributed by atoms with van der Waals surface area (Å²) in [5, 5.41) is 3.25. The van der Waals surface area contributed by atoms with Crippen molar-refractivity contribution >= 4 is 18.3 Å². The second-order valence-corrected chi connectivity index (χ2v) is 8.12. The Hall–Kier alpha value is -2.04. The molecular weight excluding hydrogens is 384 g/mol. The maximum Gasteiger partial charge on any atom is 0.226 e. The standard InChI is InChI=1S/C24H30N2O2.ClH/c1-25-16-18-11-13-26(14-12-18)24(27)23-15-22(23)20-7-9-21(10-8-20)28-17-19-5-3-2-4-6-19;/h2-10,18,22-23,25H,11-17H2,1H3;1H. The van der Waals surface area contributed by atoms with E-state index in [2.05, 4.69) is 34.5 Å². The molecule has 5 heteroatoms. The van der Waals surface area contributed by atoms with Gasteiger partial charge in [-0.25, -0.2) is 0 Å². The van der Waals surface area contributed by atoms with E-state index in [4.69, 9.17) is 4.74 Å². The van der Waals surface area contributed by atoms with Gasteiger partial charge in [0.15, 0.2) is 0 Å². The number of amides is 1. The Morgan fingerprint density at radius 1 is 1.07 bits per heavy atom. The number of benzene rings is 2. The number of hydrogen-bond acceptors (Lipinski definition) is 3. The van der Waals surface area contributed by atoms with E-state index >= 15 is 0 Å². The predicted molar refractivity (Wildman–Crippen MR) is 119 cm³/mol. The van der Waals surface area contributed by atoms with Gasteiger partial charge in [0.1, 0.15) is 12.4 Å². The maximum atomic E-state index is 12.8. The summed E-state index contributed by atoms with van der Waals surface area (Å²) in [4.78, 5) is 14.9. The van der Waals surface area contributed by atoms with Crippen LogP contribution in [-0.4, -0.2) is 37.5 Å². The fourth-order valence-electron chi connectivity index (χ4n) is 4.27. The molecule has 1 amide bonds. The van der Waals surface area contributed by atoms with Crippen molar-refractivity contribution in [2.45, 2.75) is 31.8 Å². The Kier molecular flexibility index (Phi) is 7.57. The van der Waals surface area contributed by atoms with E-state index in [-0.39, 0.29) is 18.3 Å². The Morgan fingerprint density at radius 2 is 1.76 bits per heavy atom. The van der Waals surface area contributed by atoms with Gasteiger partial charge in [-0.15, -0.1) is 12.4 Å². The number of nitrogens with one attached hydrogen (secondary N) is 1. The Bertz CT molecular complexity index is 773. The van der Waals surface area contributed by atoms with Crippen molar-refractivity contribution in [1.29, 1.82) is 0 Å².